The number of hydrogen-bond acceptors (Lipinski definition) is 3. The minimum atomic E-state index is -4.55. The molecule has 20 heavy (non-hydrogen) atoms. The summed E-state index contributed by atoms with van der Waals surface area (Å²) < 4.78 is 56.1. The monoisotopic (exact) mass is 286 g/mol. The van der Waals surface area contributed by atoms with E-state index in [1.54, 1.807) is 0 Å². The molecule has 0 saturated heterocycles. The fraction of sp³-hybridized carbons (Fsp3) is 0.154. The number of nitrogens with zero attached hydrogens (tertiary/aromatic N) is 1. The van der Waals surface area contributed by atoms with Crippen LogP contribution in [0.25, 0.3) is 0 Å². The summed E-state index contributed by atoms with van der Waals surface area (Å²) in [5.74, 6) is -0.874. The largest absolute Gasteiger partial charge is 0.439 e. The zero-order valence-electron chi connectivity index (χ0n) is 10.3. The molecule has 0 bridgehead atoms. The predicted molar refractivity (Wildman–Crippen MR) is 64.9 cm³/mol. The van der Waals surface area contributed by atoms with Crippen LogP contribution in [0.2, 0.25) is 0 Å². The topological polar surface area (TPSA) is 48.1 Å². The molecule has 0 aliphatic carbocycles. The SMILES string of the molecule is Cc1cc(Oc2cc(C(F)(F)F)cc(N)n2)ccc1F. The lowest BCUT2D eigenvalue weighted by molar-refractivity contribution is -0.137. The number of anilines is 1. The van der Waals surface area contributed by atoms with Gasteiger partial charge in [0.05, 0.1) is 5.56 Å². The Morgan fingerprint density at radius 2 is 1.85 bits per heavy atom. The van der Waals surface area contributed by atoms with Crippen molar-refractivity contribution in [2.24, 2.45) is 0 Å². The second-order valence-corrected chi connectivity index (χ2v) is 4.13. The van der Waals surface area contributed by atoms with Gasteiger partial charge in [0.15, 0.2) is 0 Å². The molecule has 0 aliphatic rings. The fourth-order valence-corrected chi connectivity index (χ4v) is 1.54. The molecule has 1 aromatic carbocycles. The molecule has 0 saturated carbocycles. The molecule has 0 radical (unpaired) electrons. The third-order valence-electron chi connectivity index (χ3n) is 2.50. The Morgan fingerprint density at radius 1 is 1.15 bits per heavy atom. The maximum Gasteiger partial charge on any atom is 0.416 e. The molecule has 2 N–H and O–H groups in total. The molecule has 1 aromatic heterocycles. The highest BCUT2D eigenvalue weighted by Crippen LogP contribution is 2.33. The van der Waals surface area contributed by atoms with E-state index < -0.39 is 17.6 Å². The van der Waals surface area contributed by atoms with Crippen molar-refractivity contribution in [3.8, 4) is 11.6 Å². The first-order chi connectivity index (χ1) is 9.25. The predicted octanol–water partition coefficient (Wildman–Crippen LogP) is 3.92. The number of aromatic nitrogens is 1. The Labute approximate surface area is 112 Å². The first-order valence-electron chi connectivity index (χ1n) is 5.54. The van der Waals surface area contributed by atoms with Crippen LogP contribution in [0, 0.1) is 12.7 Å². The number of rotatable bonds is 2. The Balaban J connectivity index is 2.33. The van der Waals surface area contributed by atoms with E-state index >= 15 is 0 Å². The van der Waals surface area contributed by atoms with Crippen LogP contribution in [0.5, 0.6) is 11.6 Å². The molecular formula is C13H10F4N2O. The van der Waals surface area contributed by atoms with Gasteiger partial charge in [0.1, 0.15) is 17.4 Å². The average molecular weight is 286 g/mol. The van der Waals surface area contributed by atoms with Crippen molar-refractivity contribution in [3.63, 3.8) is 0 Å². The van der Waals surface area contributed by atoms with Crippen LogP contribution in [0.4, 0.5) is 23.4 Å². The number of nitrogen functional groups attached to an aromatic ring is 1. The van der Waals surface area contributed by atoms with Crippen molar-refractivity contribution in [1.29, 1.82) is 0 Å². The summed E-state index contributed by atoms with van der Waals surface area (Å²) in [7, 11) is 0. The van der Waals surface area contributed by atoms with Gasteiger partial charge in [-0.2, -0.15) is 18.2 Å². The quantitative estimate of drug-likeness (QED) is 0.851. The summed E-state index contributed by atoms with van der Waals surface area (Å²) in [6, 6.07) is 5.24. The van der Waals surface area contributed by atoms with Crippen molar-refractivity contribution in [1.82, 2.24) is 4.98 Å². The van der Waals surface area contributed by atoms with Crippen LogP contribution in [-0.4, -0.2) is 4.98 Å². The molecule has 0 unspecified atom stereocenters. The summed E-state index contributed by atoms with van der Waals surface area (Å²) in [4.78, 5) is 3.66. The van der Waals surface area contributed by atoms with Crippen molar-refractivity contribution in [2.75, 3.05) is 5.73 Å². The highest BCUT2D eigenvalue weighted by atomic mass is 19.4. The van der Waals surface area contributed by atoms with E-state index in [-0.39, 0.29) is 17.4 Å². The third kappa shape index (κ3) is 3.17. The number of alkyl halides is 3. The number of halogens is 4. The average Bonchev–Trinajstić information content (AvgIpc) is 2.32. The van der Waals surface area contributed by atoms with E-state index in [9.17, 15) is 17.6 Å². The molecule has 7 heteroatoms. The molecule has 0 amide bonds. The molecule has 0 spiro atoms. The molecule has 1 heterocycles. The second-order valence-electron chi connectivity index (χ2n) is 4.13. The van der Waals surface area contributed by atoms with E-state index in [4.69, 9.17) is 10.5 Å². The number of hydrogen-bond donors (Lipinski definition) is 1. The van der Waals surface area contributed by atoms with Crippen LogP contribution in [-0.2, 0) is 6.18 Å². The van der Waals surface area contributed by atoms with Gasteiger partial charge in [-0.3, -0.25) is 0 Å². The van der Waals surface area contributed by atoms with Crippen LogP contribution < -0.4 is 10.5 Å². The first kappa shape index (κ1) is 14.1. The molecule has 106 valence electrons. The lowest BCUT2D eigenvalue weighted by Crippen LogP contribution is -2.07. The summed E-state index contributed by atoms with van der Waals surface area (Å²) in [6.07, 6.45) is -4.55. The smallest absolute Gasteiger partial charge is 0.416 e. The standard InChI is InChI=1S/C13H10F4N2O/c1-7-4-9(2-3-10(7)14)20-12-6-8(13(15,16)17)5-11(18)19-12/h2-6H,1H3,(H2,18,19). The molecule has 3 nitrogen and oxygen atoms in total. The molecule has 0 atom stereocenters. The number of benzene rings is 1. The van der Waals surface area contributed by atoms with Gasteiger partial charge < -0.3 is 10.5 Å². The molecule has 2 rings (SSSR count). The lowest BCUT2D eigenvalue weighted by Gasteiger charge is -2.11. The van der Waals surface area contributed by atoms with Crippen molar-refractivity contribution in [3.05, 3.63) is 47.3 Å². The van der Waals surface area contributed by atoms with E-state index in [0.717, 1.165) is 12.1 Å². The normalized spacial score (nSPS) is 11.4. The molecule has 0 aliphatic heterocycles. The molecule has 0 fully saturated rings. The van der Waals surface area contributed by atoms with Crippen molar-refractivity contribution < 1.29 is 22.3 Å². The summed E-state index contributed by atoms with van der Waals surface area (Å²) in [6.45, 7) is 1.51. The molecule has 2 aromatic rings. The van der Waals surface area contributed by atoms with Crippen LogP contribution in [0.3, 0.4) is 0 Å². The number of pyridine rings is 1. The van der Waals surface area contributed by atoms with Gasteiger partial charge >= 0.3 is 6.18 Å². The maximum atomic E-state index is 13.1. The lowest BCUT2D eigenvalue weighted by atomic mass is 10.2. The van der Waals surface area contributed by atoms with Crippen LogP contribution >= 0.6 is 0 Å². The van der Waals surface area contributed by atoms with Gasteiger partial charge in [-0.25, -0.2) is 4.39 Å². The minimum absolute atomic E-state index is 0.176. The van der Waals surface area contributed by atoms with Crippen molar-refractivity contribution >= 4 is 5.82 Å². The highest BCUT2D eigenvalue weighted by Gasteiger charge is 2.31. The van der Waals surface area contributed by atoms with Gasteiger partial charge in [-0.05, 0) is 36.8 Å². The van der Waals surface area contributed by atoms with Crippen LogP contribution in [0.15, 0.2) is 30.3 Å². The Morgan fingerprint density at radius 3 is 2.45 bits per heavy atom. The fourth-order valence-electron chi connectivity index (χ4n) is 1.54. The number of ether oxygens (including phenoxy) is 1. The second kappa shape index (κ2) is 4.99. The zero-order valence-corrected chi connectivity index (χ0v) is 10.3. The minimum Gasteiger partial charge on any atom is -0.439 e. The van der Waals surface area contributed by atoms with E-state index in [1.807, 2.05) is 0 Å². The Hall–Kier alpha value is -2.31. The van der Waals surface area contributed by atoms with Gasteiger partial charge in [-0.15, -0.1) is 0 Å². The number of aryl methyl sites for hydroxylation is 1. The summed E-state index contributed by atoms with van der Waals surface area (Å²) in [5.41, 5.74) is 4.66. The highest BCUT2D eigenvalue weighted by molar-refractivity contribution is 5.40. The van der Waals surface area contributed by atoms with E-state index in [0.29, 0.717) is 11.6 Å². The number of nitrogens with two attached hydrogens (primary N) is 1. The van der Waals surface area contributed by atoms with Gasteiger partial charge in [0.2, 0.25) is 5.88 Å². The Bertz CT molecular complexity index is 641. The van der Waals surface area contributed by atoms with Gasteiger partial charge in [-0.1, -0.05) is 0 Å². The van der Waals surface area contributed by atoms with Gasteiger partial charge in [0.25, 0.3) is 0 Å². The van der Waals surface area contributed by atoms with E-state index in [1.165, 1.54) is 19.1 Å². The van der Waals surface area contributed by atoms with Gasteiger partial charge in [0, 0.05) is 6.07 Å². The van der Waals surface area contributed by atoms with Crippen molar-refractivity contribution in [2.45, 2.75) is 13.1 Å². The van der Waals surface area contributed by atoms with E-state index in [2.05, 4.69) is 4.98 Å². The maximum absolute atomic E-state index is 13.1. The van der Waals surface area contributed by atoms with Crippen LogP contribution in [0.1, 0.15) is 11.1 Å². The summed E-state index contributed by atoms with van der Waals surface area (Å²) in [5, 5.41) is 0. The molecular weight excluding hydrogens is 276 g/mol. The summed E-state index contributed by atoms with van der Waals surface area (Å²) >= 11 is 0. The Kier molecular flexibility index (Phi) is 3.52. The zero-order chi connectivity index (χ0) is 14.9. The third-order valence-corrected chi connectivity index (χ3v) is 2.50. The first-order valence-corrected chi connectivity index (χ1v) is 5.54.